The van der Waals surface area contributed by atoms with Gasteiger partial charge in [0.2, 0.25) is 0 Å². The molecule has 1 saturated carbocycles. The molecule has 0 unspecified atom stereocenters. The van der Waals surface area contributed by atoms with Crippen molar-refractivity contribution in [3.05, 3.63) is 28.3 Å². The summed E-state index contributed by atoms with van der Waals surface area (Å²) in [7, 11) is 1.54. The molecule has 1 aromatic rings. The van der Waals surface area contributed by atoms with Crippen LogP contribution in [0.2, 0.25) is 5.02 Å². The van der Waals surface area contributed by atoms with E-state index in [4.69, 9.17) is 16.9 Å². The minimum atomic E-state index is -1.19. The van der Waals surface area contributed by atoms with Crippen molar-refractivity contribution in [3.63, 3.8) is 0 Å². The van der Waals surface area contributed by atoms with Gasteiger partial charge in [-0.3, -0.25) is 4.79 Å². The minimum absolute atomic E-state index is 0.223. The molecule has 0 radical (unpaired) electrons. The number of aliphatic hydroxyl groups is 1. The van der Waals surface area contributed by atoms with Crippen LogP contribution in [0.1, 0.15) is 30.4 Å². The van der Waals surface area contributed by atoms with Crippen LogP contribution in [0.25, 0.3) is 0 Å². The Morgan fingerprint density at radius 2 is 2.13 bits per heavy atom. The molecular weight excluding hydrogens is 318 g/mol. The molecule has 1 heterocycles. The van der Waals surface area contributed by atoms with Gasteiger partial charge in [0, 0.05) is 7.05 Å². The van der Waals surface area contributed by atoms with Crippen LogP contribution in [-0.4, -0.2) is 40.6 Å². The van der Waals surface area contributed by atoms with E-state index in [0.717, 1.165) is 4.90 Å². The third kappa shape index (κ3) is 1.90. The second kappa shape index (κ2) is 5.22. The van der Waals surface area contributed by atoms with Gasteiger partial charge in [-0.25, -0.2) is 9.69 Å². The van der Waals surface area contributed by atoms with Crippen LogP contribution in [0, 0.1) is 18.3 Å². The van der Waals surface area contributed by atoms with Gasteiger partial charge < -0.3 is 10.0 Å². The zero-order valence-electron chi connectivity index (χ0n) is 12.8. The van der Waals surface area contributed by atoms with Crippen molar-refractivity contribution < 1.29 is 14.7 Å². The molecular formula is C16H16ClN3O3. The summed E-state index contributed by atoms with van der Waals surface area (Å²) in [6.45, 7) is 1.66. The lowest BCUT2D eigenvalue weighted by atomic mass is 9.93. The second-order valence-electron chi connectivity index (χ2n) is 6.00. The number of aliphatic hydroxyl groups excluding tert-OH is 1. The van der Waals surface area contributed by atoms with Gasteiger partial charge in [-0.15, -0.1) is 0 Å². The molecule has 2 fully saturated rings. The van der Waals surface area contributed by atoms with E-state index < -0.39 is 23.6 Å². The summed E-state index contributed by atoms with van der Waals surface area (Å²) in [6, 6.07) is 4.52. The van der Waals surface area contributed by atoms with Gasteiger partial charge in [0.25, 0.3) is 5.91 Å². The number of imide groups is 1. The van der Waals surface area contributed by atoms with Crippen LogP contribution in [0.15, 0.2) is 12.1 Å². The van der Waals surface area contributed by atoms with Crippen molar-refractivity contribution in [3.8, 4) is 6.07 Å². The molecule has 0 bridgehead atoms. The number of likely N-dealkylation sites (N-methyl/N-ethyl adjacent to an activating group) is 1. The first-order valence-corrected chi connectivity index (χ1v) is 7.73. The summed E-state index contributed by atoms with van der Waals surface area (Å²) in [5.41, 5.74) is -0.0580. The molecule has 3 amide bonds. The van der Waals surface area contributed by atoms with Crippen molar-refractivity contribution in [2.45, 2.75) is 37.8 Å². The highest BCUT2D eigenvalue weighted by atomic mass is 35.5. The fraction of sp³-hybridized carbons (Fsp3) is 0.438. The Bertz CT molecular complexity index is 758. The van der Waals surface area contributed by atoms with Crippen molar-refractivity contribution in [2.24, 2.45) is 0 Å². The van der Waals surface area contributed by atoms with E-state index in [0.29, 0.717) is 30.5 Å². The lowest BCUT2D eigenvalue weighted by molar-refractivity contribution is -0.128. The highest BCUT2D eigenvalue weighted by Crippen LogP contribution is 2.44. The summed E-state index contributed by atoms with van der Waals surface area (Å²) in [5, 5.41) is 19.5. The average Bonchev–Trinajstić information content (AvgIpc) is 3.00. The van der Waals surface area contributed by atoms with Crippen LogP contribution < -0.4 is 4.90 Å². The quantitative estimate of drug-likeness (QED) is 0.798. The number of anilines is 1. The first-order valence-electron chi connectivity index (χ1n) is 7.36. The van der Waals surface area contributed by atoms with Crippen molar-refractivity contribution in [1.29, 1.82) is 5.26 Å². The number of hydrogen-bond donors (Lipinski definition) is 1. The monoisotopic (exact) mass is 333 g/mol. The first-order chi connectivity index (χ1) is 10.9. The highest BCUT2D eigenvalue weighted by molar-refractivity contribution is 6.33. The maximum absolute atomic E-state index is 13.0. The standard InChI is InChI=1S/C16H16ClN3O3/c1-9-11(6-5-10(8-18)13(9)17)20-14(22)16(19(2)15(20)23)7-3-4-12(16)21/h5-6,12,21H,3-4,7H2,1-2H3/t12-,16+/m1/s1. The van der Waals surface area contributed by atoms with Crippen LogP contribution >= 0.6 is 11.6 Å². The molecule has 120 valence electrons. The highest BCUT2D eigenvalue weighted by Gasteiger charge is 2.62. The van der Waals surface area contributed by atoms with E-state index in [1.807, 2.05) is 6.07 Å². The molecule has 1 aromatic carbocycles. The number of rotatable bonds is 1. The number of hydrogen-bond acceptors (Lipinski definition) is 4. The molecule has 1 aliphatic heterocycles. The van der Waals surface area contributed by atoms with Crippen molar-refractivity contribution >= 4 is 29.2 Å². The third-order valence-electron chi connectivity index (χ3n) is 4.96. The Labute approximate surface area is 138 Å². The topological polar surface area (TPSA) is 84.6 Å². The van der Waals surface area contributed by atoms with Gasteiger partial charge in [-0.05, 0) is 43.9 Å². The summed E-state index contributed by atoms with van der Waals surface area (Å²) in [4.78, 5) is 28.0. The normalized spacial score (nSPS) is 27.2. The average molecular weight is 334 g/mol. The van der Waals surface area contributed by atoms with Gasteiger partial charge >= 0.3 is 6.03 Å². The molecule has 1 aliphatic carbocycles. The molecule has 3 rings (SSSR count). The number of amides is 3. The number of urea groups is 1. The van der Waals surface area contributed by atoms with Crippen LogP contribution in [0.3, 0.4) is 0 Å². The van der Waals surface area contributed by atoms with Crippen molar-refractivity contribution in [2.75, 3.05) is 11.9 Å². The Morgan fingerprint density at radius 1 is 1.43 bits per heavy atom. The summed E-state index contributed by atoms with van der Waals surface area (Å²) in [6.07, 6.45) is 0.744. The Kier molecular flexibility index (Phi) is 3.58. The predicted octanol–water partition coefficient (Wildman–Crippen LogP) is 2.20. The Morgan fingerprint density at radius 3 is 2.70 bits per heavy atom. The molecule has 7 heteroatoms. The molecule has 23 heavy (non-hydrogen) atoms. The zero-order valence-corrected chi connectivity index (χ0v) is 13.6. The Balaban J connectivity index is 2.12. The molecule has 6 nitrogen and oxygen atoms in total. The fourth-order valence-electron chi connectivity index (χ4n) is 3.57. The van der Waals surface area contributed by atoms with E-state index in [1.54, 1.807) is 13.0 Å². The van der Waals surface area contributed by atoms with Crippen molar-refractivity contribution in [1.82, 2.24) is 4.90 Å². The second-order valence-corrected chi connectivity index (χ2v) is 6.38. The molecule has 2 atom stereocenters. The van der Waals surface area contributed by atoms with Crippen LogP contribution in [0.5, 0.6) is 0 Å². The SMILES string of the molecule is Cc1c(N2C(=O)N(C)[C@]3(CCC[C@H]3O)C2=O)ccc(C#N)c1Cl. The molecule has 1 saturated heterocycles. The van der Waals surface area contributed by atoms with E-state index in [9.17, 15) is 14.7 Å². The predicted molar refractivity (Wildman–Crippen MR) is 84.1 cm³/mol. The van der Waals surface area contributed by atoms with Gasteiger partial charge in [0.05, 0.1) is 22.4 Å². The minimum Gasteiger partial charge on any atom is -0.390 e. The van der Waals surface area contributed by atoms with Gasteiger partial charge in [0.1, 0.15) is 11.6 Å². The van der Waals surface area contributed by atoms with Crippen LogP contribution in [0.4, 0.5) is 10.5 Å². The number of halogens is 1. The molecule has 1 N–H and O–H groups in total. The lowest BCUT2D eigenvalue weighted by Crippen LogP contribution is -2.53. The number of carbonyl (C=O) groups is 2. The Hall–Kier alpha value is -2.10. The maximum Gasteiger partial charge on any atom is 0.332 e. The van der Waals surface area contributed by atoms with E-state index in [2.05, 4.69) is 0 Å². The summed E-state index contributed by atoms with van der Waals surface area (Å²) >= 11 is 6.15. The third-order valence-corrected chi connectivity index (χ3v) is 5.44. The smallest absolute Gasteiger partial charge is 0.332 e. The fourth-order valence-corrected chi connectivity index (χ4v) is 3.77. The van der Waals surface area contributed by atoms with Crippen LogP contribution in [-0.2, 0) is 4.79 Å². The number of carbonyl (C=O) groups excluding carboxylic acids is 2. The zero-order chi connectivity index (χ0) is 16.9. The summed E-state index contributed by atoms with van der Waals surface area (Å²) in [5.74, 6) is -0.432. The summed E-state index contributed by atoms with van der Waals surface area (Å²) < 4.78 is 0. The van der Waals surface area contributed by atoms with Gasteiger partial charge in [0.15, 0.2) is 0 Å². The first kappa shape index (κ1) is 15.8. The van der Waals surface area contributed by atoms with E-state index >= 15 is 0 Å². The van der Waals surface area contributed by atoms with Gasteiger partial charge in [-0.2, -0.15) is 5.26 Å². The largest absolute Gasteiger partial charge is 0.390 e. The maximum atomic E-state index is 13.0. The van der Waals surface area contributed by atoms with E-state index in [-0.39, 0.29) is 10.6 Å². The molecule has 0 aromatic heterocycles. The number of nitriles is 1. The molecule has 2 aliphatic rings. The number of nitrogens with zero attached hydrogens (tertiary/aromatic N) is 3. The van der Waals surface area contributed by atoms with Gasteiger partial charge in [-0.1, -0.05) is 11.6 Å². The lowest BCUT2D eigenvalue weighted by Gasteiger charge is -2.31. The van der Waals surface area contributed by atoms with E-state index in [1.165, 1.54) is 18.0 Å². The molecule has 1 spiro atoms. The number of benzene rings is 1.